The first-order valence-electron chi connectivity index (χ1n) is 12.5. The molecule has 34 heavy (non-hydrogen) atoms. The molecule has 0 atom stereocenters. The smallest absolute Gasteiger partial charge is 0.410 e. The minimum absolute atomic E-state index is 0.0185. The molecule has 8 nitrogen and oxygen atoms in total. The van der Waals surface area contributed by atoms with E-state index in [-0.39, 0.29) is 11.5 Å². The fraction of sp³-hybridized carbons (Fsp3) is 0.692. The van der Waals surface area contributed by atoms with Crippen LogP contribution in [0, 0.1) is 11.8 Å². The van der Waals surface area contributed by atoms with E-state index in [0.29, 0.717) is 31.4 Å². The van der Waals surface area contributed by atoms with Crippen LogP contribution in [-0.2, 0) is 21.5 Å². The Hall–Kier alpha value is -2.32. The Kier molecular flexibility index (Phi) is 7.10. The molecular weight excluding hydrogens is 432 g/mol. The molecule has 2 aromatic rings. The van der Waals surface area contributed by atoms with Crippen molar-refractivity contribution in [2.24, 2.45) is 11.8 Å². The molecule has 2 heterocycles. The Balaban J connectivity index is 1.26. The average Bonchev–Trinajstić information content (AvgIpc) is 3.49. The second-order valence-corrected chi connectivity index (χ2v) is 11.8. The molecule has 2 aliphatic rings. The van der Waals surface area contributed by atoms with E-state index in [1.54, 1.807) is 4.90 Å². The standard InChI is InChI=1S/C26H40N4O4/c1-25(2,3)23-27-21-15-20(9-10-22(21)30(23)16-18-7-8-18)34-28-32-17-19-11-13-29(14-12-19)24(31)33-26(4,5)6/h9-10,15,18-19,28H,7-8,11-14,16-17H2,1-6H3. The number of imidazole rings is 1. The Morgan fingerprint density at radius 2 is 1.76 bits per heavy atom. The Labute approximate surface area is 202 Å². The quantitative estimate of drug-likeness (QED) is 0.440. The summed E-state index contributed by atoms with van der Waals surface area (Å²) in [4.78, 5) is 30.1. The van der Waals surface area contributed by atoms with Gasteiger partial charge in [0.05, 0.1) is 17.6 Å². The van der Waals surface area contributed by atoms with Gasteiger partial charge in [0.25, 0.3) is 0 Å². The number of ether oxygens (including phenoxy) is 1. The molecule has 1 saturated heterocycles. The van der Waals surface area contributed by atoms with E-state index in [9.17, 15) is 4.79 Å². The molecule has 1 aromatic carbocycles. The van der Waals surface area contributed by atoms with Crippen LogP contribution in [0.25, 0.3) is 11.0 Å². The zero-order chi connectivity index (χ0) is 24.5. The van der Waals surface area contributed by atoms with E-state index in [1.807, 2.05) is 32.9 Å². The molecular formula is C26H40N4O4. The highest BCUT2D eigenvalue weighted by Crippen LogP contribution is 2.35. The zero-order valence-electron chi connectivity index (χ0n) is 21.5. The lowest BCUT2D eigenvalue weighted by Gasteiger charge is -2.33. The topological polar surface area (TPSA) is 77.8 Å². The Morgan fingerprint density at radius 3 is 2.38 bits per heavy atom. The number of fused-ring (bicyclic) bond motifs is 1. The molecule has 0 spiro atoms. The average molecular weight is 473 g/mol. The molecule has 4 rings (SSSR count). The van der Waals surface area contributed by atoms with Gasteiger partial charge < -0.3 is 19.0 Å². The molecule has 188 valence electrons. The third-order valence-electron chi connectivity index (χ3n) is 6.33. The summed E-state index contributed by atoms with van der Waals surface area (Å²) in [5.41, 5.74) is 4.25. The normalized spacial score (nSPS) is 17.9. The maximum absolute atomic E-state index is 12.2. The maximum atomic E-state index is 12.2. The zero-order valence-corrected chi connectivity index (χ0v) is 21.5. The van der Waals surface area contributed by atoms with Gasteiger partial charge >= 0.3 is 6.09 Å². The second-order valence-electron chi connectivity index (χ2n) is 11.8. The number of nitrogens with one attached hydrogen (secondary N) is 1. The molecule has 1 aliphatic carbocycles. The molecule has 1 aliphatic heterocycles. The van der Waals surface area contributed by atoms with Crippen LogP contribution in [0.4, 0.5) is 4.79 Å². The van der Waals surface area contributed by atoms with Crippen molar-refractivity contribution in [2.45, 2.75) is 84.8 Å². The van der Waals surface area contributed by atoms with E-state index in [2.05, 4.69) is 37.0 Å². The van der Waals surface area contributed by atoms with E-state index in [0.717, 1.165) is 42.2 Å². The summed E-state index contributed by atoms with van der Waals surface area (Å²) in [5.74, 6) is 2.93. The monoisotopic (exact) mass is 472 g/mol. The third kappa shape index (κ3) is 6.42. The number of rotatable bonds is 7. The lowest BCUT2D eigenvalue weighted by atomic mass is 9.95. The molecule has 1 N–H and O–H groups in total. The van der Waals surface area contributed by atoms with Gasteiger partial charge in [-0.15, -0.1) is 0 Å². The number of carbonyl (C=O) groups is 1. The number of amides is 1. The Bertz CT molecular complexity index is 993. The summed E-state index contributed by atoms with van der Waals surface area (Å²) >= 11 is 0. The van der Waals surface area contributed by atoms with Gasteiger partial charge in [0.2, 0.25) is 0 Å². The highest BCUT2D eigenvalue weighted by atomic mass is 16.9. The molecule has 0 bridgehead atoms. The summed E-state index contributed by atoms with van der Waals surface area (Å²) in [5, 5.41) is 0. The third-order valence-corrected chi connectivity index (χ3v) is 6.33. The van der Waals surface area contributed by atoms with E-state index >= 15 is 0 Å². The van der Waals surface area contributed by atoms with Gasteiger partial charge in [-0.3, -0.25) is 4.84 Å². The maximum Gasteiger partial charge on any atom is 0.410 e. The summed E-state index contributed by atoms with van der Waals surface area (Å²) in [6.45, 7) is 15.2. The van der Waals surface area contributed by atoms with Crippen molar-refractivity contribution in [3.63, 3.8) is 0 Å². The minimum atomic E-state index is -0.467. The minimum Gasteiger partial charge on any atom is -0.444 e. The highest BCUT2D eigenvalue weighted by molar-refractivity contribution is 5.78. The molecule has 8 heteroatoms. The Morgan fingerprint density at radius 1 is 1.06 bits per heavy atom. The van der Waals surface area contributed by atoms with Gasteiger partial charge in [-0.2, -0.15) is 0 Å². The lowest BCUT2D eigenvalue weighted by Crippen LogP contribution is -2.42. The van der Waals surface area contributed by atoms with Gasteiger partial charge in [-0.25, -0.2) is 9.78 Å². The van der Waals surface area contributed by atoms with Crippen molar-refractivity contribution in [2.75, 3.05) is 19.7 Å². The molecule has 1 saturated carbocycles. The van der Waals surface area contributed by atoms with Crippen LogP contribution in [0.15, 0.2) is 18.2 Å². The summed E-state index contributed by atoms with van der Waals surface area (Å²) in [6.07, 6.45) is 4.14. The number of likely N-dealkylation sites (tertiary alicyclic amines) is 1. The number of benzene rings is 1. The van der Waals surface area contributed by atoms with Crippen LogP contribution >= 0.6 is 0 Å². The van der Waals surface area contributed by atoms with Gasteiger partial charge in [-0.05, 0) is 76.1 Å². The van der Waals surface area contributed by atoms with Crippen molar-refractivity contribution in [3.8, 4) is 5.75 Å². The van der Waals surface area contributed by atoms with Crippen LogP contribution in [-0.4, -0.2) is 45.8 Å². The number of hydrogen-bond acceptors (Lipinski definition) is 6. The highest BCUT2D eigenvalue weighted by Gasteiger charge is 2.29. The molecule has 2 fully saturated rings. The van der Waals surface area contributed by atoms with Crippen molar-refractivity contribution in [1.82, 2.24) is 20.1 Å². The summed E-state index contributed by atoms with van der Waals surface area (Å²) < 4.78 is 7.84. The van der Waals surface area contributed by atoms with Crippen molar-refractivity contribution in [3.05, 3.63) is 24.0 Å². The molecule has 1 aromatic heterocycles. The van der Waals surface area contributed by atoms with Gasteiger partial charge in [0.15, 0.2) is 5.75 Å². The summed E-state index contributed by atoms with van der Waals surface area (Å²) in [7, 11) is 0. The van der Waals surface area contributed by atoms with Gasteiger partial charge in [0, 0.05) is 31.1 Å². The number of nitrogens with zero attached hydrogens (tertiary/aromatic N) is 3. The van der Waals surface area contributed by atoms with E-state index in [4.69, 9.17) is 19.4 Å². The SMILES string of the molecule is CC(C)(C)OC(=O)N1CCC(CONOc2ccc3c(c2)nc(C(C)(C)C)n3CC2CC2)CC1. The van der Waals surface area contributed by atoms with E-state index < -0.39 is 5.60 Å². The van der Waals surface area contributed by atoms with Gasteiger partial charge in [-0.1, -0.05) is 20.8 Å². The predicted octanol–water partition coefficient (Wildman–Crippen LogP) is 5.21. The number of piperidine rings is 1. The molecule has 0 radical (unpaired) electrons. The number of hydrogen-bond donors (Lipinski definition) is 1. The van der Waals surface area contributed by atoms with Crippen LogP contribution in [0.2, 0.25) is 0 Å². The lowest BCUT2D eigenvalue weighted by molar-refractivity contribution is -0.121. The van der Waals surface area contributed by atoms with Crippen LogP contribution in [0.1, 0.15) is 73.1 Å². The van der Waals surface area contributed by atoms with Crippen LogP contribution in [0.5, 0.6) is 5.75 Å². The van der Waals surface area contributed by atoms with Crippen LogP contribution < -0.4 is 10.5 Å². The fourth-order valence-corrected chi connectivity index (χ4v) is 4.33. The molecule has 1 amide bonds. The first-order valence-corrected chi connectivity index (χ1v) is 12.5. The molecule has 0 unspecified atom stereocenters. The number of aromatic nitrogens is 2. The second kappa shape index (κ2) is 9.74. The van der Waals surface area contributed by atoms with E-state index in [1.165, 1.54) is 12.8 Å². The summed E-state index contributed by atoms with van der Waals surface area (Å²) in [6, 6.07) is 6.00. The van der Waals surface area contributed by atoms with Gasteiger partial charge in [0.1, 0.15) is 11.4 Å². The fourth-order valence-electron chi connectivity index (χ4n) is 4.33. The number of carbonyl (C=O) groups excluding carboxylic acids is 1. The first-order chi connectivity index (χ1) is 16.0. The van der Waals surface area contributed by atoms with Crippen molar-refractivity contribution in [1.29, 1.82) is 0 Å². The largest absolute Gasteiger partial charge is 0.444 e. The van der Waals surface area contributed by atoms with Crippen molar-refractivity contribution >= 4 is 17.1 Å². The predicted molar refractivity (Wildman–Crippen MR) is 131 cm³/mol. The van der Waals surface area contributed by atoms with Crippen LogP contribution in [0.3, 0.4) is 0 Å². The van der Waals surface area contributed by atoms with Crippen molar-refractivity contribution < 1.29 is 19.2 Å². The first kappa shape index (κ1) is 24.8.